The summed E-state index contributed by atoms with van der Waals surface area (Å²) in [5, 5.41) is 10.3. The van der Waals surface area contributed by atoms with E-state index in [1.54, 1.807) is 0 Å². The summed E-state index contributed by atoms with van der Waals surface area (Å²) in [5.41, 5.74) is 0. The van der Waals surface area contributed by atoms with E-state index in [4.69, 9.17) is 0 Å². The molecule has 5 nitrogen and oxygen atoms in total. The lowest BCUT2D eigenvalue weighted by Gasteiger charge is -2.20. The van der Waals surface area contributed by atoms with Gasteiger partial charge in [-0.2, -0.15) is 0 Å². The molecule has 0 bridgehead atoms. The van der Waals surface area contributed by atoms with Gasteiger partial charge in [0, 0.05) is 12.8 Å². The summed E-state index contributed by atoms with van der Waals surface area (Å²) in [5.74, 6) is -2.45. The van der Waals surface area contributed by atoms with Crippen LogP contribution in [0, 0.1) is 0 Å². The summed E-state index contributed by atoms with van der Waals surface area (Å²) < 4.78 is 0. The highest BCUT2D eigenvalue weighted by Crippen LogP contribution is 2.18. The third kappa shape index (κ3) is 1.47. The molecule has 1 unspecified atom stereocenters. The van der Waals surface area contributed by atoms with Gasteiger partial charge in [-0.15, -0.1) is 0 Å². The van der Waals surface area contributed by atoms with Crippen molar-refractivity contribution < 1.29 is 19.5 Å². The van der Waals surface area contributed by atoms with Crippen molar-refractivity contribution in [2.24, 2.45) is 0 Å². The molecule has 1 aliphatic rings. The lowest BCUT2D eigenvalue weighted by atomic mass is 10.4. The maximum Gasteiger partial charge on any atom is 0.230 e. The topological polar surface area (TPSA) is 77.5 Å². The van der Waals surface area contributed by atoms with E-state index < -0.39 is 22.7 Å². The van der Waals surface area contributed by atoms with Crippen LogP contribution in [0.1, 0.15) is 12.8 Å². The summed E-state index contributed by atoms with van der Waals surface area (Å²) in [6.45, 7) is 0. The van der Waals surface area contributed by atoms with E-state index in [2.05, 4.69) is 15.9 Å². The summed E-state index contributed by atoms with van der Waals surface area (Å²) in [7, 11) is 0. The predicted molar refractivity (Wildman–Crippen MR) is 38.8 cm³/mol. The molecule has 66 valence electrons. The second-order valence-electron chi connectivity index (χ2n) is 2.31. The number of hydrogen-bond donors (Lipinski definition) is 0. The van der Waals surface area contributed by atoms with Gasteiger partial charge in [0.25, 0.3) is 0 Å². The number of carboxylic acid groups (broad SMARTS) is 1. The number of aliphatic carboxylic acids is 1. The quantitative estimate of drug-likeness (QED) is 0.335. The zero-order valence-electron chi connectivity index (χ0n) is 5.95. The molecule has 1 atom stereocenters. The Morgan fingerprint density at radius 2 is 1.83 bits per heavy atom. The molecule has 1 aliphatic heterocycles. The maximum atomic E-state index is 10.9. The first-order valence-corrected chi connectivity index (χ1v) is 4.15. The van der Waals surface area contributed by atoms with Gasteiger partial charge in [-0.05, 0) is 0 Å². The highest BCUT2D eigenvalue weighted by molar-refractivity contribution is 9.09. The van der Waals surface area contributed by atoms with Crippen LogP contribution >= 0.6 is 15.9 Å². The molecule has 1 fully saturated rings. The molecule has 6 heteroatoms. The molecule has 0 aromatic carbocycles. The number of hydrogen-bond acceptors (Lipinski definition) is 4. The van der Waals surface area contributed by atoms with Gasteiger partial charge in [-0.25, -0.2) is 0 Å². The number of rotatable bonds is 2. The van der Waals surface area contributed by atoms with Crippen molar-refractivity contribution in [3.63, 3.8) is 0 Å². The van der Waals surface area contributed by atoms with E-state index in [1.165, 1.54) is 0 Å². The van der Waals surface area contributed by atoms with Crippen LogP contribution in [0.2, 0.25) is 0 Å². The summed E-state index contributed by atoms with van der Waals surface area (Å²) >= 11 is 2.67. The van der Waals surface area contributed by atoms with Crippen molar-refractivity contribution in [1.82, 2.24) is 4.90 Å². The third-order valence-corrected chi connectivity index (χ3v) is 2.29. The van der Waals surface area contributed by atoms with Crippen molar-refractivity contribution in [3.05, 3.63) is 0 Å². The number of nitrogens with zero attached hydrogens (tertiary/aromatic N) is 1. The van der Waals surface area contributed by atoms with Crippen LogP contribution in [0.3, 0.4) is 0 Å². The minimum Gasteiger partial charge on any atom is -0.547 e. The Morgan fingerprint density at radius 1 is 1.42 bits per heavy atom. The average molecular weight is 235 g/mol. The number of carbonyl (C=O) groups is 3. The van der Waals surface area contributed by atoms with Gasteiger partial charge in [0.1, 0.15) is 4.95 Å². The minimum atomic E-state index is -1.49. The fourth-order valence-corrected chi connectivity index (χ4v) is 1.41. The fraction of sp³-hybridized carbons (Fsp3) is 0.500. The first-order valence-electron chi connectivity index (χ1n) is 3.24. The van der Waals surface area contributed by atoms with Crippen molar-refractivity contribution in [2.75, 3.05) is 0 Å². The predicted octanol–water partition coefficient (Wildman–Crippen LogP) is -1.39. The molecule has 1 saturated heterocycles. The van der Waals surface area contributed by atoms with E-state index in [1.807, 2.05) is 0 Å². The number of carbonyl (C=O) groups excluding carboxylic acids is 3. The molecule has 2 amide bonds. The van der Waals surface area contributed by atoms with Crippen LogP contribution in [0.15, 0.2) is 0 Å². The highest BCUT2D eigenvalue weighted by Gasteiger charge is 2.34. The van der Waals surface area contributed by atoms with Gasteiger partial charge in [-0.3, -0.25) is 14.5 Å². The number of amides is 2. The van der Waals surface area contributed by atoms with Crippen molar-refractivity contribution in [2.45, 2.75) is 17.8 Å². The Kier molecular flexibility index (Phi) is 2.46. The Morgan fingerprint density at radius 3 is 2.17 bits per heavy atom. The van der Waals surface area contributed by atoms with Gasteiger partial charge in [0.05, 0.1) is 5.97 Å². The van der Waals surface area contributed by atoms with E-state index in [-0.39, 0.29) is 12.8 Å². The number of carboxylic acids is 1. The highest BCUT2D eigenvalue weighted by atomic mass is 79.9. The maximum absolute atomic E-state index is 10.9. The van der Waals surface area contributed by atoms with Gasteiger partial charge in [0.2, 0.25) is 11.8 Å². The number of alkyl halides is 1. The molecular weight excluding hydrogens is 230 g/mol. The normalized spacial score (nSPS) is 19.9. The molecule has 0 N–H and O–H groups in total. The molecule has 0 saturated carbocycles. The van der Waals surface area contributed by atoms with Crippen LogP contribution < -0.4 is 5.11 Å². The van der Waals surface area contributed by atoms with Gasteiger partial charge in [-0.1, -0.05) is 15.9 Å². The molecular formula is C6H5BrNO4-. The zero-order chi connectivity index (χ0) is 9.30. The molecule has 12 heavy (non-hydrogen) atoms. The molecule has 1 heterocycles. The van der Waals surface area contributed by atoms with E-state index in [0.717, 1.165) is 0 Å². The molecule has 0 aromatic rings. The first kappa shape index (κ1) is 9.18. The lowest BCUT2D eigenvalue weighted by Crippen LogP contribution is -2.46. The smallest absolute Gasteiger partial charge is 0.230 e. The number of likely N-dealkylation sites (tertiary alicyclic amines) is 1. The van der Waals surface area contributed by atoms with Gasteiger partial charge in [0.15, 0.2) is 0 Å². The molecule has 0 aromatic heterocycles. The van der Waals surface area contributed by atoms with E-state index in [9.17, 15) is 19.5 Å². The second kappa shape index (κ2) is 3.22. The standard InChI is InChI=1S/C6H6BrNO4/c7-5(6(11)12)8-3(9)1-2-4(8)10/h5H,1-2H2,(H,11,12)/p-1. The molecule has 0 spiro atoms. The third-order valence-electron chi connectivity index (χ3n) is 1.51. The van der Waals surface area contributed by atoms with Crippen LogP contribution in [-0.2, 0) is 14.4 Å². The molecule has 0 radical (unpaired) electrons. The van der Waals surface area contributed by atoms with Gasteiger partial charge >= 0.3 is 0 Å². The van der Waals surface area contributed by atoms with Crippen LogP contribution in [0.25, 0.3) is 0 Å². The Balaban J connectivity index is 2.79. The SMILES string of the molecule is O=C([O-])C(Br)N1C(=O)CCC1=O. The van der Waals surface area contributed by atoms with Crippen molar-refractivity contribution in [1.29, 1.82) is 0 Å². The minimum absolute atomic E-state index is 0.0776. The Bertz CT molecular complexity index is 236. The second-order valence-corrected chi connectivity index (χ2v) is 3.18. The first-order chi connectivity index (χ1) is 5.54. The zero-order valence-corrected chi connectivity index (χ0v) is 7.54. The summed E-state index contributed by atoms with van der Waals surface area (Å²) in [6, 6.07) is 0. The monoisotopic (exact) mass is 234 g/mol. The van der Waals surface area contributed by atoms with Crippen LogP contribution in [0.4, 0.5) is 0 Å². The number of halogens is 1. The van der Waals surface area contributed by atoms with Crippen LogP contribution in [-0.4, -0.2) is 27.6 Å². The summed E-state index contributed by atoms with van der Waals surface area (Å²) in [6.07, 6.45) is 0.155. The van der Waals surface area contributed by atoms with E-state index >= 15 is 0 Å². The Hall–Kier alpha value is -0.910. The molecule has 1 rings (SSSR count). The van der Waals surface area contributed by atoms with Crippen LogP contribution in [0.5, 0.6) is 0 Å². The Labute approximate surface area is 76.5 Å². The van der Waals surface area contributed by atoms with E-state index in [0.29, 0.717) is 4.90 Å². The largest absolute Gasteiger partial charge is 0.547 e. The molecule has 0 aliphatic carbocycles. The number of imide groups is 1. The fourth-order valence-electron chi connectivity index (χ4n) is 0.952. The average Bonchev–Trinajstić information content (AvgIpc) is 2.30. The summed E-state index contributed by atoms with van der Waals surface area (Å²) in [4.78, 5) is 31.4. The van der Waals surface area contributed by atoms with Crippen molar-refractivity contribution >= 4 is 33.7 Å². The van der Waals surface area contributed by atoms with Crippen molar-refractivity contribution in [3.8, 4) is 0 Å². The van der Waals surface area contributed by atoms with Gasteiger partial charge < -0.3 is 9.90 Å². The lowest BCUT2D eigenvalue weighted by molar-refractivity contribution is -0.307.